The minimum atomic E-state index is -0.280. The molecule has 1 fully saturated rings. The van der Waals surface area contributed by atoms with Crippen molar-refractivity contribution in [1.82, 2.24) is 14.8 Å². The molecule has 1 aromatic heterocycles. The third-order valence-electron chi connectivity index (χ3n) is 6.48. The van der Waals surface area contributed by atoms with Gasteiger partial charge in [-0.25, -0.2) is 0 Å². The molecule has 7 heteroatoms. The molecule has 2 heterocycles. The highest BCUT2D eigenvalue weighted by Gasteiger charge is 2.30. The van der Waals surface area contributed by atoms with Gasteiger partial charge in [-0.3, -0.25) is 14.4 Å². The molecule has 0 spiro atoms. The monoisotopic (exact) mass is 425 g/mol. The number of ether oxygens (including phenoxy) is 1. The minimum absolute atomic E-state index is 0.00874. The number of aryl methyl sites for hydroxylation is 2. The molecule has 31 heavy (non-hydrogen) atoms. The van der Waals surface area contributed by atoms with Crippen molar-refractivity contribution in [2.24, 2.45) is 5.92 Å². The first kappa shape index (κ1) is 21.4. The van der Waals surface area contributed by atoms with Crippen molar-refractivity contribution in [2.75, 3.05) is 33.3 Å². The second-order valence-electron chi connectivity index (χ2n) is 8.61. The first-order valence-electron chi connectivity index (χ1n) is 11.3. The van der Waals surface area contributed by atoms with Gasteiger partial charge in [0.15, 0.2) is 0 Å². The quantitative estimate of drug-likeness (QED) is 0.747. The Kier molecular flexibility index (Phi) is 6.30. The maximum Gasteiger partial charge on any atom is 0.310 e. The zero-order valence-corrected chi connectivity index (χ0v) is 18.4. The van der Waals surface area contributed by atoms with Crippen LogP contribution < -0.4 is 0 Å². The van der Waals surface area contributed by atoms with Crippen molar-refractivity contribution in [2.45, 2.75) is 45.4 Å². The number of nitrogens with one attached hydrogen (secondary N) is 1. The lowest BCUT2D eigenvalue weighted by Gasteiger charge is -2.32. The molecule has 1 atom stereocenters. The fourth-order valence-electron chi connectivity index (χ4n) is 4.84. The summed E-state index contributed by atoms with van der Waals surface area (Å²) < 4.78 is 5.12. The Morgan fingerprint density at radius 2 is 2.00 bits per heavy atom. The summed E-state index contributed by atoms with van der Waals surface area (Å²) in [4.78, 5) is 44.8. The van der Waals surface area contributed by atoms with Gasteiger partial charge < -0.3 is 19.5 Å². The van der Waals surface area contributed by atoms with Gasteiger partial charge in [0.1, 0.15) is 0 Å². The Balaban J connectivity index is 1.46. The van der Waals surface area contributed by atoms with Crippen LogP contribution in [-0.4, -0.2) is 65.9 Å². The summed E-state index contributed by atoms with van der Waals surface area (Å²) in [6.07, 6.45) is 5.90. The summed E-state index contributed by atoms with van der Waals surface area (Å²) in [5.74, 6) is -0.830. The number of aromatic amines is 1. The number of esters is 1. The number of benzene rings is 1. The molecule has 0 radical (unpaired) electrons. The number of piperidine rings is 1. The van der Waals surface area contributed by atoms with E-state index in [1.807, 2.05) is 12.1 Å². The molecule has 1 aliphatic carbocycles. The fourth-order valence-corrected chi connectivity index (χ4v) is 4.84. The molecular formula is C24H31N3O4. The summed E-state index contributed by atoms with van der Waals surface area (Å²) in [5, 5.41) is 1.12. The SMILES string of the molecule is CCOC(=O)C1CCCN(C(=O)CN(C)C(=O)c2cccc3c4c([nH]c23)CCCC4)C1. The molecular weight excluding hydrogens is 394 g/mol. The standard InChI is InChI=1S/C24H31N3O4/c1-3-31-24(30)16-8-7-13-27(14-16)21(28)15-26(2)23(29)19-11-6-10-18-17-9-4-5-12-20(17)25-22(18)19/h6,10-11,16,25H,3-5,7-9,12-15H2,1-2H3. The van der Waals surface area contributed by atoms with Crippen LogP contribution in [-0.2, 0) is 27.2 Å². The zero-order chi connectivity index (χ0) is 22.0. The molecule has 2 aromatic rings. The van der Waals surface area contributed by atoms with E-state index in [1.165, 1.54) is 29.0 Å². The van der Waals surface area contributed by atoms with Gasteiger partial charge >= 0.3 is 5.97 Å². The van der Waals surface area contributed by atoms with Crippen LogP contribution in [0.15, 0.2) is 18.2 Å². The number of nitrogens with zero attached hydrogens (tertiary/aromatic N) is 2. The van der Waals surface area contributed by atoms with E-state index in [0.717, 1.165) is 36.6 Å². The molecule has 166 valence electrons. The number of rotatable bonds is 5. The van der Waals surface area contributed by atoms with Gasteiger partial charge in [0, 0.05) is 31.2 Å². The maximum atomic E-state index is 13.2. The van der Waals surface area contributed by atoms with Crippen molar-refractivity contribution >= 4 is 28.7 Å². The molecule has 1 N–H and O–H groups in total. The van der Waals surface area contributed by atoms with E-state index < -0.39 is 0 Å². The van der Waals surface area contributed by atoms with Gasteiger partial charge in [0.25, 0.3) is 5.91 Å². The predicted molar refractivity (Wildman–Crippen MR) is 118 cm³/mol. The summed E-state index contributed by atoms with van der Waals surface area (Å²) in [7, 11) is 1.66. The minimum Gasteiger partial charge on any atom is -0.466 e. The maximum absolute atomic E-state index is 13.2. The summed E-state index contributed by atoms with van der Waals surface area (Å²) in [6.45, 7) is 3.08. The van der Waals surface area contributed by atoms with Gasteiger partial charge in [-0.05, 0) is 57.1 Å². The average Bonchev–Trinajstić information content (AvgIpc) is 3.17. The van der Waals surface area contributed by atoms with Gasteiger partial charge in [-0.15, -0.1) is 0 Å². The Morgan fingerprint density at radius 1 is 1.19 bits per heavy atom. The van der Waals surface area contributed by atoms with E-state index in [9.17, 15) is 14.4 Å². The Labute approximate surface area is 182 Å². The molecule has 1 saturated heterocycles. The largest absolute Gasteiger partial charge is 0.466 e. The van der Waals surface area contributed by atoms with E-state index in [0.29, 0.717) is 25.3 Å². The number of para-hydroxylation sites is 1. The van der Waals surface area contributed by atoms with Crippen molar-refractivity contribution < 1.29 is 19.1 Å². The summed E-state index contributed by atoms with van der Waals surface area (Å²) >= 11 is 0. The number of carbonyl (C=O) groups excluding carboxylic acids is 3. The molecule has 2 aliphatic rings. The summed E-state index contributed by atoms with van der Waals surface area (Å²) in [5.41, 5.74) is 4.04. The number of hydrogen-bond acceptors (Lipinski definition) is 4. The fraction of sp³-hybridized carbons (Fsp3) is 0.542. The van der Waals surface area contributed by atoms with Crippen molar-refractivity contribution in [3.63, 3.8) is 0 Å². The number of fused-ring (bicyclic) bond motifs is 3. The third kappa shape index (κ3) is 4.31. The third-order valence-corrected chi connectivity index (χ3v) is 6.48. The van der Waals surface area contributed by atoms with Gasteiger partial charge in [-0.1, -0.05) is 12.1 Å². The predicted octanol–water partition coefficient (Wildman–Crippen LogP) is 2.92. The van der Waals surface area contributed by atoms with Crippen LogP contribution in [0.2, 0.25) is 0 Å². The lowest BCUT2D eigenvalue weighted by atomic mass is 9.95. The average molecular weight is 426 g/mol. The van der Waals surface area contributed by atoms with Crippen LogP contribution >= 0.6 is 0 Å². The smallest absolute Gasteiger partial charge is 0.310 e. The first-order valence-corrected chi connectivity index (χ1v) is 11.3. The number of likely N-dealkylation sites (tertiary alicyclic amines) is 1. The number of aromatic nitrogens is 1. The van der Waals surface area contributed by atoms with Crippen LogP contribution in [0.5, 0.6) is 0 Å². The number of amides is 2. The highest BCUT2D eigenvalue weighted by atomic mass is 16.5. The normalized spacial score (nSPS) is 18.5. The van der Waals surface area contributed by atoms with Crippen molar-refractivity contribution in [3.8, 4) is 0 Å². The van der Waals surface area contributed by atoms with Gasteiger partial charge in [-0.2, -0.15) is 0 Å². The molecule has 7 nitrogen and oxygen atoms in total. The second-order valence-corrected chi connectivity index (χ2v) is 8.61. The van der Waals surface area contributed by atoms with E-state index in [1.54, 1.807) is 18.9 Å². The topological polar surface area (TPSA) is 82.7 Å². The number of likely N-dealkylation sites (N-methyl/N-ethyl adjacent to an activating group) is 1. The van der Waals surface area contributed by atoms with Crippen molar-refractivity contribution in [3.05, 3.63) is 35.0 Å². The lowest BCUT2D eigenvalue weighted by molar-refractivity contribution is -0.151. The van der Waals surface area contributed by atoms with E-state index in [2.05, 4.69) is 11.1 Å². The van der Waals surface area contributed by atoms with E-state index in [-0.39, 0.29) is 30.2 Å². The Bertz CT molecular complexity index is 996. The van der Waals surface area contributed by atoms with Crippen LogP contribution in [0.25, 0.3) is 10.9 Å². The zero-order valence-electron chi connectivity index (χ0n) is 18.4. The van der Waals surface area contributed by atoms with Gasteiger partial charge in [0.05, 0.1) is 30.1 Å². The highest BCUT2D eigenvalue weighted by molar-refractivity contribution is 6.07. The molecule has 0 bridgehead atoms. The summed E-state index contributed by atoms with van der Waals surface area (Å²) in [6, 6.07) is 5.81. The Hall–Kier alpha value is -2.83. The van der Waals surface area contributed by atoms with Gasteiger partial charge in [0.2, 0.25) is 5.91 Å². The molecule has 4 rings (SSSR count). The second kappa shape index (κ2) is 9.12. The van der Waals surface area contributed by atoms with Crippen molar-refractivity contribution in [1.29, 1.82) is 0 Å². The molecule has 1 unspecified atom stereocenters. The molecule has 1 aliphatic heterocycles. The molecule has 0 saturated carbocycles. The first-order chi connectivity index (χ1) is 15.0. The molecule has 2 amide bonds. The van der Waals surface area contributed by atoms with E-state index in [4.69, 9.17) is 4.74 Å². The van der Waals surface area contributed by atoms with Crippen LogP contribution in [0.3, 0.4) is 0 Å². The number of H-pyrrole nitrogens is 1. The van der Waals surface area contributed by atoms with E-state index >= 15 is 0 Å². The Morgan fingerprint density at radius 3 is 2.81 bits per heavy atom. The van der Waals surface area contributed by atoms with Crippen LogP contribution in [0, 0.1) is 5.92 Å². The van der Waals surface area contributed by atoms with Crippen LogP contribution in [0.1, 0.15) is 54.2 Å². The molecule has 1 aromatic carbocycles. The number of hydrogen-bond donors (Lipinski definition) is 1. The lowest BCUT2D eigenvalue weighted by Crippen LogP contribution is -2.47. The number of carbonyl (C=O) groups is 3. The van der Waals surface area contributed by atoms with Crippen LogP contribution in [0.4, 0.5) is 0 Å². The highest BCUT2D eigenvalue weighted by Crippen LogP contribution is 2.31.